The lowest BCUT2D eigenvalue weighted by Gasteiger charge is -2.20. The van der Waals surface area contributed by atoms with Crippen molar-refractivity contribution in [1.29, 1.82) is 0 Å². The molecule has 18 heavy (non-hydrogen) atoms. The summed E-state index contributed by atoms with van der Waals surface area (Å²) in [5.41, 5.74) is 0. The molecule has 2 N–H and O–H groups in total. The number of carbonyl (C=O) groups is 2. The standard InChI is InChI=1S/C12H18N2O4/c1-3-7-14(4-2)12(17)13-8-9-5-6-10(18-9)11(15)16/h1,9-10H,4-8H2,2H3,(H,13,17)(H,15,16). The number of rotatable bonds is 5. The van der Waals surface area contributed by atoms with E-state index in [2.05, 4.69) is 11.2 Å². The second kappa shape index (κ2) is 6.87. The minimum Gasteiger partial charge on any atom is -0.479 e. The van der Waals surface area contributed by atoms with Crippen LogP contribution in [0.3, 0.4) is 0 Å². The molecule has 2 amide bonds. The lowest BCUT2D eigenvalue weighted by atomic mass is 10.2. The molecule has 0 aromatic heterocycles. The zero-order valence-electron chi connectivity index (χ0n) is 10.4. The van der Waals surface area contributed by atoms with Crippen molar-refractivity contribution in [2.24, 2.45) is 0 Å². The molecular formula is C12H18N2O4. The summed E-state index contributed by atoms with van der Waals surface area (Å²) in [4.78, 5) is 23.9. The van der Waals surface area contributed by atoms with Crippen LogP contribution in [0.25, 0.3) is 0 Å². The first-order valence-corrected chi connectivity index (χ1v) is 5.93. The first-order valence-electron chi connectivity index (χ1n) is 5.93. The number of hydrogen-bond acceptors (Lipinski definition) is 3. The van der Waals surface area contributed by atoms with Gasteiger partial charge >= 0.3 is 12.0 Å². The van der Waals surface area contributed by atoms with Crippen molar-refractivity contribution in [3.63, 3.8) is 0 Å². The number of carboxylic acid groups (broad SMARTS) is 1. The van der Waals surface area contributed by atoms with Crippen LogP contribution >= 0.6 is 0 Å². The van der Waals surface area contributed by atoms with Crippen LogP contribution in [0.5, 0.6) is 0 Å². The number of terminal acetylenes is 1. The van der Waals surface area contributed by atoms with Crippen molar-refractivity contribution in [2.75, 3.05) is 19.6 Å². The molecular weight excluding hydrogens is 236 g/mol. The third-order valence-electron chi connectivity index (χ3n) is 2.82. The number of nitrogens with zero attached hydrogens (tertiary/aromatic N) is 1. The largest absolute Gasteiger partial charge is 0.479 e. The summed E-state index contributed by atoms with van der Waals surface area (Å²) in [7, 11) is 0. The predicted octanol–water partition coefficient (Wildman–Crippen LogP) is 0.283. The lowest BCUT2D eigenvalue weighted by molar-refractivity contribution is -0.149. The number of nitrogens with one attached hydrogen (secondary N) is 1. The van der Waals surface area contributed by atoms with Gasteiger partial charge in [0.2, 0.25) is 0 Å². The fourth-order valence-electron chi connectivity index (χ4n) is 1.79. The monoisotopic (exact) mass is 254 g/mol. The van der Waals surface area contributed by atoms with Gasteiger partial charge in [-0.25, -0.2) is 9.59 Å². The van der Waals surface area contributed by atoms with Gasteiger partial charge in [-0.1, -0.05) is 5.92 Å². The molecule has 2 unspecified atom stereocenters. The maximum absolute atomic E-state index is 11.7. The van der Waals surface area contributed by atoms with E-state index in [1.54, 1.807) is 0 Å². The molecule has 0 saturated carbocycles. The van der Waals surface area contributed by atoms with Gasteiger partial charge in [-0.2, -0.15) is 0 Å². The van der Waals surface area contributed by atoms with Gasteiger partial charge in [0.05, 0.1) is 12.6 Å². The Morgan fingerprint density at radius 1 is 1.56 bits per heavy atom. The minimum absolute atomic E-state index is 0.236. The van der Waals surface area contributed by atoms with Crippen LogP contribution in [0.1, 0.15) is 19.8 Å². The summed E-state index contributed by atoms with van der Waals surface area (Å²) in [5, 5.41) is 11.5. The lowest BCUT2D eigenvalue weighted by Crippen LogP contribution is -2.43. The normalized spacial score (nSPS) is 22.2. The van der Waals surface area contributed by atoms with Crippen molar-refractivity contribution in [2.45, 2.75) is 32.0 Å². The van der Waals surface area contributed by atoms with Crippen LogP contribution < -0.4 is 5.32 Å². The molecule has 1 aliphatic heterocycles. The number of carbonyl (C=O) groups excluding carboxylic acids is 1. The molecule has 0 aromatic rings. The maximum atomic E-state index is 11.7. The van der Waals surface area contributed by atoms with Crippen molar-refractivity contribution in [3.8, 4) is 12.3 Å². The van der Waals surface area contributed by atoms with Gasteiger partial charge in [0.15, 0.2) is 6.10 Å². The highest BCUT2D eigenvalue weighted by molar-refractivity contribution is 5.74. The molecule has 1 heterocycles. The molecule has 6 nitrogen and oxygen atoms in total. The number of ether oxygens (including phenoxy) is 1. The van der Waals surface area contributed by atoms with Gasteiger partial charge in [0, 0.05) is 13.1 Å². The topological polar surface area (TPSA) is 78.9 Å². The SMILES string of the molecule is C#CCN(CC)C(=O)NCC1CCC(C(=O)O)O1. The predicted molar refractivity (Wildman–Crippen MR) is 65.0 cm³/mol. The van der Waals surface area contributed by atoms with Crippen LogP contribution in [-0.2, 0) is 9.53 Å². The fourth-order valence-corrected chi connectivity index (χ4v) is 1.79. The molecule has 0 spiro atoms. The molecule has 0 aromatic carbocycles. The average molecular weight is 254 g/mol. The Labute approximate surface area is 106 Å². The maximum Gasteiger partial charge on any atom is 0.332 e. The summed E-state index contributed by atoms with van der Waals surface area (Å²) in [6.07, 6.45) is 5.29. The Morgan fingerprint density at radius 3 is 2.78 bits per heavy atom. The second-order valence-corrected chi connectivity index (χ2v) is 4.07. The van der Waals surface area contributed by atoms with E-state index >= 15 is 0 Å². The number of carboxylic acids is 1. The Bertz CT molecular complexity index is 350. The Balaban J connectivity index is 2.31. The van der Waals surface area contributed by atoms with Gasteiger partial charge < -0.3 is 20.1 Å². The van der Waals surface area contributed by atoms with E-state index in [1.165, 1.54) is 4.90 Å². The third-order valence-corrected chi connectivity index (χ3v) is 2.82. The Hall–Kier alpha value is -1.74. The number of aliphatic carboxylic acids is 1. The molecule has 0 bridgehead atoms. The van der Waals surface area contributed by atoms with Gasteiger partial charge in [-0.3, -0.25) is 0 Å². The van der Waals surface area contributed by atoms with E-state index in [-0.39, 0.29) is 18.7 Å². The van der Waals surface area contributed by atoms with Crippen LogP contribution in [0.15, 0.2) is 0 Å². The molecule has 1 saturated heterocycles. The van der Waals surface area contributed by atoms with Crippen molar-refractivity contribution in [3.05, 3.63) is 0 Å². The van der Waals surface area contributed by atoms with E-state index in [0.717, 1.165) is 0 Å². The smallest absolute Gasteiger partial charge is 0.332 e. The molecule has 1 aliphatic rings. The van der Waals surface area contributed by atoms with Gasteiger partial charge in [-0.05, 0) is 19.8 Å². The van der Waals surface area contributed by atoms with Crippen molar-refractivity contribution in [1.82, 2.24) is 10.2 Å². The molecule has 1 rings (SSSR count). The Morgan fingerprint density at radius 2 is 2.28 bits per heavy atom. The molecule has 6 heteroatoms. The highest BCUT2D eigenvalue weighted by Gasteiger charge is 2.30. The third kappa shape index (κ3) is 3.93. The summed E-state index contributed by atoms with van der Waals surface area (Å²) < 4.78 is 5.27. The van der Waals surface area contributed by atoms with Crippen LogP contribution in [0.2, 0.25) is 0 Å². The number of urea groups is 1. The van der Waals surface area contributed by atoms with Gasteiger partial charge in [-0.15, -0.1) is 6.42 Å². The molecule has 1 fully saturated rings. The number of hydrogen-bond donors (Lipinski definition) is 2. The van der Waals surface area contributed by atoms with Gasteiger partial charge in [0.25, 0.3) is 0 Å². The first kappa shape index (κ1) is 14.3. The van der Waals surface area contributed by atoms with Crippen LogP contribution in [0.4, 0.5) is 4.79 Å². The quantitative estimate of drug-likeness (QED) is 0.691. The molecule has 0 aliphatic carbocycles. The Kier molecular flexibility index (Phi) is 5.46. The summed E-state index contributed by atoms with van der Waals surface area (Å²) >= 11 is 0. The van der Waals surface area contributed by atoms with Crippen LogP contribution in [-0.4, -0.2) is 53.8 Å². The summed E-state index contributed by atoms with van der Waals surface area (Å²) in [6.45, 7) is 2.93. The zero-order chi connectivity index (χ0) is 13.5. The van der Waals surface area contributed by atoms with E-state index in [4.69, 9.17) is 16.3 Å². The molecule has 0 radical (unpaired) electrons. The van der Waals surface area contributed by atoms with Crippen molar-refractivity contribution >= 4 is 12.0 Å². The highest BCUT2D eigenvalue weighted by Crippen LogP contribution is 2.19. The first-order chi connectivity index (χ1) is 8.58. The van der Waals surface area contributed by atoms with Crippen molar-refractivity contribution < 1.29 is 19.4 Å². The average Bonchev–Trinajstić information content (AvgIpc) is 2.82. The summed E-state index contributed by atoms with van der Waals surface area (Å²) in [5.74, 6) is 1.45. The second-order valence-electron chi connectivity index (χ2n) is 4.07. The zero-order valence-corrected chi connectivity index (χ0v) is 10.4. The highest BCUT2D eigenvalue weighted by atomic mass is 16.5. The fraction of sp³-hybridized carbons (Fsp3) is 0.667. The van der Waals surface area contributed by atoms with E-state index < -0.39 is 12.1 Å². The van der Waals surface area contributed by atoms with E-state index in [0.29, 0.717) is 25.9 Å². The van der Waals surface area contributed by atoms with E-state index in [9.17, 15) is 9.59 Å². The van der Waals surface area contributed by atoms with E-state index in [1.807, 2.05) is 6.92 Å². The summed E-state index contributed by atoms with van der Waals surface area (Å²) in [6, 6.07) is -0.252. The molecule has 100 valence electrons. The van der Waals surface area contributed by atoms with Crippen LogP contribution in [0, 0.1) is 12.3 Å². The number of amides is 2. The minimum atomic E-state index is -0.952. The molecule has 2 atom stereocenters. The van der Waals surface area contributed by atoms with Gasteiger partial charge in [0.1, 0.15) is 0 Å².